The molecule has 1 amide bonds. The fourth-order valence-electron chi connectivity index (χ4n) is 2.96. The van der Waals surface area contributed by atoms with Gasteiger partial charge in [0.1, 0.15) is 11.2 Å². The van der Waals surface area contributed by atoms with Crippen molar-refractivity contribution in [2.24, 2.45) is 5.92 Å². The number of esters is 1. The second-order valence-corrected chi connectivity index (χ2v) is 7.66. The SMILES string of the molecule is CC(C)[C@](C)(C#N)NC(=O)[C@H](C)OC(=O)c1ccc(N2CCCC2)c([N+](=O)[O-])c1. The molecule has 9 heteroatoms. The van der Waals surface area contributed by atoms with Crippen molar-refractivity contribution in [2.45, 2.75) is 52.2 Å². The van der Waals surface area contributed by atoms with Gasteiger partial charge >= 0.3 is 5.97 Å². The minimum absolute atomic E-state index is 0.00815. The molecule has 1 heterocycles. The van der Waals surface area contributed by atoms with Crippen molar-refractivity contribution in [3.05, 3.63) is 33.9 Å². The summed E-state index contributed by atoms with van der Waals surface area (Å²) in [7, 11) is 0. The number of nitrogens with one attached hydrogen (secondary N) is 1. The summed E-state index contributed by atoms with van der Waals surface area (Å²) in [4.78, 5) is 37.6. The molecular formula is C20H26N4O5. The molecule has 1 fully saturated rings. The molecule has 0 saturated carbocycles. The van der Waals surface area contributed by atoms with Gasteiger partial charge in [0.2, 0.25) is 0 Å². The van der Waals surface area contributed by atoms with Crippen molar-refractivity contribution < 1.29 is 19.2 Å². The Kier molecular flexibility index (Phi) is 6.80. The Balaban J connectivity index is 2.14. The van der Waals surface area contributed by atoms with Gasteiger partial charge in [-0.3, -0.25) is 14.9 Å². The first kappa shape index (κ1) is 22.1. The fraction of sp³-hybridized carbons (Fsp3) is 0.550. The maximum Gasteiger partial charge on any atom is 0.339 e. The molecule has 2 atom stereocenters. The maximum absolute atomic E-state index is 12.4. The van der Waals surface area contributed by atoms with Crippen molar-refractivity contribution in [2.75, 3.05) is 18.0 Å². The van der Waals surface area contributed by atoms with Gasteiger partial charge in [0.25, 0.3) is 11.6 Å². The summed E-state index contributed by atoms with van der Waals surface area (Å²) < 4.78 is 5.17. The summed E-state index contributed by atoms with van der Waals surface area (Å²) in [5.74, 6) is -1.61. The molecule has 29 heavy (non-hydrogen) atoms. The molecule has 1 aromatic rings. The van der Waals surface area contributed by atoms with E-state index in [9.17, 15) is 25.0 Å². The third-order valence-electron chi connectivity index (χ3n) is 5.28. The highest BCUT2D eigenvalue weighted by molar-refractivity contribution is 5.94. The van der Waals surface area contributed by atoms with Gasteiger partial charge in [0, 0.05) is 19.2 Å². The predicted octanol–water partition coefficient (Wildman–Crippen LogP) is 2.79. The predicted molar refractivity (Wildman–Crippen MR) is 106 cm³/mol. The molecule has 1 N–H and O–H groups in total. The van der Waals surface area contributed by atoms with Crippen LogP contribution in [0.1, 0.15) is 50.9 Å². The van der Waals surface area contributed by atoms with Crippen LogP contribution in [-0.4, -0.2) is 41.5 Å². The van der Waals surface area contributed by atoms with E-state index in [0.29, 0.717) is 5.69 Å². The third kappa shape index (κ3) is 5.02. The lowest BCUT2D eigenvalue weighted by Gasteiger charge is -2.28. The molecule has 0 radical (unpaired) electrons. The Hall–Kier alpha value is -3.15. The number of carbonyl (C=O) groups excluding carboxylic acids is 2. The van der Waals surface area contributed by atoms with Crippen LogP contribution in [0.2, 0.25) is 0 Å². The topological polar surface area (TPSA) is 126 Å². The summed E-state index contributed by atoms with van der Waals surface area (Å²) in [5.41, 5.74) is -0.813. The van der Waals surface area contributed by atoms with Crippen LogP contribution in [0.25, 0.3) is 0 Å². The molecule has 9 nitrogen and oxygen atoms in total. The number of benzene rings is 1. The van der Waals surface area contributed by atoms with Gasteiger partial charge in [-0.05, 0) is 44.7 Å². The third-order valence-corrected chi connectivity index (χ3v) is 5.28. The molecule has 0 unspecified atom stereocenters. The van der Waals surface area contributed by atoms with Crippen molar-refractivity contribution in [3.63, 3.8) is 0 Å². The Labute approximate surface area is 169 Å². The molecule has 0 aliphatic carbocycles. The van der Waals surface area contributed by atoms with Crippen LogP contribution in [0.5, 0.6) is 0 Å². The van der Waals surface area contributed by atoms with Crippen LogP contribution in [-0.2, 0) is 9.53 Å². The minimum atomic E-state index is -1.16. The number of rotatable bonds is 7. The second-order valence-electron chi connectivity index (χ2n) is 7.66. The molecule has 0 aromatic heterocycles. The lowest BCUT2D eigenvalue weighted by molar-refractivity contribution is -0.384. The Morgan fingerprint density at radius 1 is 1.31 bits per heavy atom. The summed E-state index contributed by atoms with van der Waals surface area (Å²) in [6.07, 6.45) is 0.767. The van der Waals surface area contributed by atoms with Crippen LogP contribution in [0.3, 0.4) is 0 Å². The van der Waals surface area contributed by atoms with E-state index in [1.807, 2.05) is 11.0 Å². The van der Waals surface area contributed by atoms with E-state index in [4.69, 9.17) is 4.74 Å². The van der Waals surface area contributed by atoms with Crippen molar-refractivity contribution in [1.29, 1.82) is 5.26 Å². The van der Waals surface area contributed by atoms with Crippen LogP contribution in [0.4, 0.5) is 11.4 Å². The zero-order chi connectivity index (χ0) is 21.8. The number of nitro groups is 1. The molecule has 1 aliphatic rings. The molecule has 0 spiro atoms. The Bertz CT molecular complexity index is 842. The first-order valence-corrected chi connectivity index (χ1v) is 9.56. The number of ether oxygens (including phenoxy) is 1. The smallest absolute Gasteiger partial charge is 0.339 e. The van der Waals surface area contributed by atoms with Gasteiger partial charge in [0.15, 0.2) is 6.10 Å². The molecule has 1 saturated heterocycles. The summed E-state index contributed by atoms with van der Waals surface area (Å²) in [6, 6.07) is 6.22. The number of nitrogens with zero attached hydrogens (tertiary/aromatic N) is 3. The normalized spacial score (nSPS) is 16.6. The number of nitro benzene ring substituents is 1. The van der Waals surface area contributed by atoms with Crippen LogP contribution in [0.15, 0.2) is 18.2 Å². The number of anilines is 1. The fourth-order valence-corrected chi connectivity index (χ4v) is 2.96. The van der Waals surface area contributed by atoms with E-state index in [2.05, 4.69) is 5.32 Å². The molecule has 156 valence electrons. The quantitative estimate of drug-likeness (QED) is 0.422. The Morgan fingerprint density at radius 2 is 1.93 bits per heavy atom. The lowest BCUT2D eigenvalue weighted by atomic mass is 9.90. The number of carbonyl (C=O) groups is 2. The highest BCUT2D eigenvalue weighted by Crippen LogP contribution is 2.32. The van der Waals surface area contributed by atoms with E-state index in [1.54, 1.807) is 20.8 Å². The van der Waals surface area contributed by atoms with E-state index in [-0.39, 0.29) is 17.2 Å². The van der Waals surface area contributed by atoms with Crippen LogP contribution >= 0.6 is 0 Å². The van der Waals surface area contributed by atoms with Crippen molar-refractivity contribution >= 4 is 23.3 Å². The molecule has 0 bridgehead atoms. The lowest BCUT2D eigenvalue weighted by Crippen LogP contribution is -2.52. The Morgan fingerprint density at radius 3 is 2.45 bits per heavy atom. The highest BCUT2D eigenvalue weighted by Gasteiger charge is 2.33. The van der Waals surface area contributed by atoms with Crippen LogP contribution in [0, 0.1) is 27.4 Å². The summed E-state index contributed by atoms with van der Waals surface area (Å²) in [6.45, 7) is 8.02. The largest absolute Gasteiger partial charge is 0.449 e. The van der Waals surface area contributed by atoms with Crippen molar-refractivity contribution in [1.82, 2.24) is 5.32 Å². The maximum atomic E-state index is 12.4. The number of nitriles is 1. The van der Waals surface area contributed by atoms with Gasteiger partial charge in [-0.2, -0.15) is 5.26 Å². The molecule has 2 rings (SSSR count). The number of hydrogen-bond donors (Lipinski definition) is 1. The van der Waals surface area contributed by atoms with Gasteiger partial charge in [0.05, 0.1) is 16.6 Å². The first-order chi connectivity index (χ1) is 13.6. The van der Waals surface area contributed by atoms with E-state index in [1.165, 1.54) is 25.1 Å². The van der Waals surface area contributed by atoms with Gasteiger partial charge in [-0.25, -0.2) is 4.79 Å². The molecule has 1 aromatic carbocycles. The van der Waals surface area contributed by atoms with Crippen molar-refractivity contribution in [3.8, 4) is 6.07 Å². The standard InChI is InChI=1S/C20H26N4O5/c1-13(2)20(4,12-21)22-18(25)14(3)29-19(26)15-7-8-16(17(11-15)24(27)28)23-9-5-6-10-23/h7-8,11,13-14H,5-6,9-10H2,1-4H3,(H,22,25)/t14-,20-/m0/s1. The monoisotopic (exact) mass is 402 g/mol. The minimum Gasteiger partial charge on any atom is -0.449 e. The van der Waals surface area contributed by atoms with Gasteiger partial charge < -0.3 is 15.0 Å². The molecular weight excluding hydrogens is 376 g/mol. The second kappa shape index (κ2) is 8.90. The van der Waals surface area contributed by atoms with E-state index >= 15 is 0 Å². The zero-order valence-electron chi connectivity index (χ0n) is 17.1. The first-order valence-electron chi connectivity index (χ1n) is 9.56. The average molecular weight is 402 g/mol. The van der Waals surface area contributed by atoms with Gasteiger partial charge in [-0.1, -0.05) is 13.8 Å². The van der Waals surface area contributed by atoms with Crippen LogP contribution < -0.4 is 10.2 Å². The summed E-state index contributed by atoms with van der Waals surface area (Å²) >= 11 is 0. The van der Waals surface area contributed by atoms with E-state index in [0.717, 1.165) is 25.9 Å². The highest BCUT2D eigenvalue weighted by atomic mass is 16.6. The average Bonchev–Trinajstić information content (AvgIpc) is 3.21. The molecule has 1 aliphatic heterocycles. The number of amides is 1. The number of hydrogen-bond acceptors (Lipinski definition) is 7. The zero-order valence-corrected chi connectivity index (χ0v) is 17.1. The summed E-state index contributed by atoms with van der Waals surface area (Å²) in [5, 5.41) is 23.4. The van der Waals surface area contributed by atoms with Gasteiger partial charge in [-0.15, -0.1) is 0 Å². The van der Waals surface area contributed by atoms with E-state index < -0.39 is 28.4 Å².